The Morgan fingerprint density at radius 1 is 0.861 bits per heavy atom. The van der Waals surface area contributed by atoms with Crippen LogP contribution in [0.25, 0.3) is 10.9 Å². The van der Waals surface area contributed by atoms with E-state index in [1.165, 1.54) is 11.1 Å². The number of piperazine rings is 1. The van der Waals surface area contributed by atoms with Crippen LogP contribution in [-0.4, -0.2) is 53.1 Å². The van der Waals surface area contributed by atoms with Crippen LogP contribution in [0.15, 0.2) is 78.9 Å². The Hall–Kier alpha value is -3.57. The van der Waals surface area contributed by atoms with E-state index in [1.807, 2.05) is 17.9 Å². The topological polar surface area (TPSA) is 37.7 Å². The molecule has 5 heteroatoms. The van der Waals surface area contributed by atoms with E-state index in [4.69, 9.17) is 4.74 Å². The second-order valence-corrected chi connectivity index (χ2v) is 9.38. The van der Waals surface area contributed by atoms with Gasteiger partial charge in [-0.1, -0.05) is 60.7 Å². The molecule has 1 fully saturated rings. The molecule has 1 saturated heterocycles. The zero-order valence-corrected chi connectivity index (χ0v) is 21.5. The van der Waals surface area contributed by atoms with E-state index >= 15 is 0 Å². The Morgan fingerprint density at radius 2 is 1.47 bits per heavy atom. The smallest absolute Gasteiger partial charge is 0.270 e. The molecule has 1 aliphatic rings. The first-order valence-electron chi connectivity index (χ1n) is 13.0. The lowest BCUT2D eigenvalue weighted by atomic mass is 9.96. The largest absolute Gasteiger partial charge is 0.494 e. The first kappa shape index (κ1) is 24.1. The highest BCUT2D eigenvalue weighted by atomic mass is 16.5. The van der Waals surface area contributed by atoms with Gasteiger partial charge in [-0.3, -0.25) is 9.69 Å². The predicted molar refractivity (Wildman–Crippen MR) is 146 cm³/mol. The van der Waals surface area contributed by atoms with Gasteiger partial charge in [0.05, 0.1) is 12.6 Å². The van der Waals surface area contributed by atoms with Gasteiger partial charge in [0.25, 0.3) is 5.91 Å². The minimum atomic E-state index is 0.124. The molecule has 5 rings (SSSR count). The number of rotatable bonds is 7. The van der Waals surface area contributed by atoms with Crippen molar-refractivity contribution in [3.63, 3.8) is 0 Å². The molecule has 0 bridgehead atoms. The molecule has 0 N–H and O–H groups in total. The summed E-state index contributed by atoms with van der Waals surface area (Å²) >= 11 is 0. The molecule has 0 atom stereocenters. The number of carbonyl (C=O) groups excluding carboxylic acids is 1. The van der Waals surface area contributed by atoms with Crippen LogP contribution in [0.1, 0.15) is 47.1 Å². The second-order valence-electron chi connectivity index (χ2n) is 9.38. The van der Waals surface area contributed by atoms with E-state index in [9.17, 15) is 4.79 Å². The summed E-state index contributed by atoms with van der Waals surface area (Å²) in [5.74, 6) is 0.973. The van der Waals surface area contributed by atoms with E-state index in [1.54, 1.807) is 0 Å². The molecule has 0 aliphatic carbocycles. The van der Waals surface area contributed by atoms with Crippen LogP contribution in [0, 0.1) is 6.92 Å². The molecule has 0 saturated carbocycles. The third-order valence-electron chi connectivity index (χ3n) is 7.31. The first-order valence-corrected chi connectivity index (χ1v) is 13.0. The highest BCUT2D eigenvalue weighted by Crippen LogP contribution is 2.32. The second kappa shape index (κ2) is 10.6. The number of carbonyl (C=O) groups is 1. The summed E-state index contributed by atoms with van der Waals surface area (Å²) in [5.41, 5.74) is 5.50. The SMILES string of the molecule is CCOc1ccc2c(c1)c(C)c(C(=O)N1CCN(C(c3ccccc3)c3ccccc3)CC1)n2CC. The van der Waals surface area contributed by atoms with Gasteiger partial charge >= 0.3 is 0 Å². The average molecular weight is 482 g/mol. The molecule has 0 unspecified atom stereocenters. The number of hydrogen-bond donors (Lipinski definition) is 0. The standard InChI is InChI=1S/C31H35N3O2/c1-4-34-28-17-16-26(36-5-2)22-27(28)23(3)29(34)31(35)33-20-18-32(19-21-33)30(24-12-8-6-9-13-24)25-14-10-7-11-15-25/h6-17,22,30H,4-5,18-21H2,1-3H3. The van der Waals surface area contributed by atoms with E-state index in [0.717, 1.165) is 47.5 Å². The fraction of sp³-hybridized carbons (Fsp3) is 0.323. The normalized spacial score (nSPS) is 14.5. The van der Waals surface area contributed by atoms with Crippen molar-refractivity contribution in [3.8, 4) is 5.75 Å². The maximum Gasteiger partial charge on any atom is 0.270 e. The van der Waals surface area contributed by atoms with Gasteiger partial charge in [0, 0.05) is 43.6 Å². The van der Waals surface area contributed by atoms with E-state index in [-0.39, 0.29) is 11.9 Å². The third kappa shape index (κ3) is 4.51. The maximum atomic E-state index is 13.9. The van der Waals surface area contributed by atoms with Crippen LogP contribution < -0.4 is 4.74 Å². The zero-order chi connectivity index (χ0) is 25.1. The number of aryl methyl sites for hydroxylation is 2. The molecular formula is C31H35N3O2. The van der Waals surface area contributed by atoms with Crippen LogP contribution in [-0.2, 0) is 6.54 Å². The van der Waals surface area contributed by atoms with E-state index < -0.39 is 0 Å². The molecule has 1 aliphatic heterocycles. The monoisotopic (exact) mass is 481 g/mol. The van der Waals surface area contributed by atoms with Crippen LogP contribution in [0.4, 0.5) is 0 Å². The van der Waals surface area contributed by atoms with Gasteiger partial charge in [-0.25, -0.2) is 0 Å². The maximum absolute atomic E-state index is 13.9. The van der Waals surface area contributed by atoms with Gasteiger partial charge in [-0.15, -0.1) is 0 Å². The van der Waals surface area contributed by atoms with Crippen molar-refractivity contribution in [3.05, 3.63) is 101 Å². The summed E-state index contributed by atoms with van der Waals surface area (Å²) < 4.78 is 7.88. The van der Waals surface area contributed by atoms with Crippen molar-refractivity contribution in [1.29, 1.82) is 0 Å². The lowest BCUT2D eigenvalue weighted by Gasteiger charge is -2.40. The quantitative estimate of drug-likeness (QED) is 0.329. The van der Waals surface area contributed by atoms with Crippen molar-refractivity contribution in [1.82, 2.24) is 14.4 Å². The fourth-order valence-corrected chi connectivity index (χ4v) is 5.58. The van der Waals surface area contributed by atoms with Crippen LogP contribution in [0.2, 0.25) is 0 Å². The van der Waals surface area contributed by atoms with Crippen molar-refractivity contribution < 1.29 is 9.53 Å². The molecule has 0 spiro atoms. The summed E-state index contributed by atoms with van der Waals surface area (Å²) in [6, 6.07) is 27.7. The van der Waals surface area contributed by atoms with E-state index in [2.05, 4.69) is 96.1 Å². The molecular weight excluding hydrogens is 446 g/mol. The van der Waals surface area contributed by atoms with Gasteiger partial charge in [0.1, 0.15) is 11.4 Å². The highest BCUT2D eigenvalue weighted by Gasteiger charge is 2.31. The van der Waals surface area contributed by atoms with Crippen molar-refractivity contribution in [2.45, 2.75) is 33.4 Å². The predicted octanol–water partition coefficient (Wildman–Crippen LogP) is 5.92. The molecule has 186 valence electrons. The summed E-state index contributed by atoms with van der Waals surface area (Å²) in [5, 5.41) is 1.10. The minimum Gasteiger partial charge on any atom is -0.494 e. The number of hydrogen-bond acceptors (Lipinski definition) is 3. The molecule has 1 aromatic heterocycles. The van der Waals surface area contributed by atoms with Crippen molar-refractivity contribution >= 4 is 16.8 Å². The van der Waals surface area contributed by atoms with Gasteiger partial charge in [0.15, 0.2) is 0 Å². The van der Waals surface area contributed by atoms with Gasteiger partial charge in [0.2, 0.25) is 0 Å². The Kier molecular flexibility index (Phi) is 7.10. The zero-order valence-electron chi connectivity index (χ0n) is 21.5. The number of amides is 1. The molecule has 3 aromatic carbocycles. The Labute approximate surface area is 213 Å². The van der Waals surface area contributed by atoms with Gasteiger partial charge in [-0.2, -0.15) is 0 Å². The first-order chi connectivity index (χ1) is 17.6. The van der Waals surface area contributed by atoms with Crippen molar-refractivity contribution in [2.24, 2.45) is 0 Å². The fourth-order valence-electron chi connectivity index (χ4n) is 5.58. The lowest BCUT2D eigenvalue weighted by Crippen LogP contribution is -2.50. The van der Waals surface area contributed by atoms with Crippen LogP contribution in [0.5, 0.6) is 5.75 Å². The number of benzene rings is 3. The number of aromatic nitrogens is 1. The summed E-state index contributed by atoms with van der Waals surface area (Å²) in [7, 11) is 0. The Bertz CT molecular complexity index is 1280. The molecule has 2 heterocycles. The minimum absolute atomic E-state index is 0.124. The summed E-state index contributed by atoms with van der Waals surface area (Å²) in [6.45, 7) is 10.6. The number of ether oxygens (including phenoxy) is 1. The molecule has 36 heavy (non-hydrogen) atoms. The summed E-state index contributed by atoms with van der Waals surface area (Å²) in [6.07, 6.45) is 0. The average Bonchev–Trinajstić information content (AvgIpc) is 3.21. The summed E-state index contributed by atoms with van der Waals surface area (Å²) in [4.78, 5) is 18.4. The molecule has 5 nitrogen and oxygen atoms in total. The highest BCUT2D eigenvalue weighted by molar-refractivity contribution is 6.02. The van der Waals surface area contributed by atoms with Crippen molar-refractivity contribution in [2.75, 3.05) is 32.8 Å². The molecule has 0 radical (unpaired) electrons. The van der Waals surface area contributed by atoms with Gasteiger partial charge in [-0.05, 0) is 55.7 Å². The van der Waals surface area contributed by atoms with Gasteiger partial charge < -0.3 is 14.2 Å². The Morgan fingerprint density at radius 3 is 2.03 bits per heavy atom. The van der Waals surface area contributed by atoms with Crippen LogP contribution >= 0.6 is 0 Å². The molecule has 1 amide bonds. The number of fused-ring (bicyclic) bond motifs is 1. The third-order valence-corrected chi connectivity index (χ3v) is 7.31. The van der Waals surface area contributed by atoms with E-state index in [0.29, 0.717) is 19.7 Å². The number of nitrogens with zero attached hydrogens (tertiary/aromatic N) is 3. The lowest BCUT2D eigenvalue weighted by molar-refractivity contribution is 0.0587. The van der Waals surface area contributed by atoms with Crippen LogP contribution in [0.3, 0.4) is 0 Å². The molecule has 4 aromatic rings. The Balaban J connectivity index is 1.39.